The lowest BCUT2D eigenvalue weighted by Gasteiger charge is -2.02. The van der Waals surface area contributed by atoms with Gasteiger partial charge in [-0.3, -0.25) is 9.97 Å². The zero-order chi connectivity index (χ0) is 17.8. The molecule has 4 rings (SSSR count). The van der Waals surface area contributed by atoms with Crippen molar-refractivity contribution in [2.24, 2.45) is 0 Å². The maximum atomic E-state index is 12.9. The van der Waals surface area contributed by atoms with E-state index in [0.29, 0.717) is 11.4 Å². The predicted molar refractivity (Wildman–Crippen MR) is 104 cm³/mol. The van der Waals surface area contributed by atoms with E-state index in [4.69, 9.17) is 0 Å². The summed E-state index contributed by atoms with van der Waals surface area (Å²) in [5.74, 6) is 0. The SMILES string of the molecule is O=[N+](c1cccc(-c2ccccn2)c1)c1cccc(-c2ccccn2)c1. The summed E-state index contributed by atoms with van der Waals surface area (Å²) in [7, 11) is 0. The van der Waals surface area contributed by atoms with E-state index in [2.05, 4.69) is 9.97 Å². The monoisotopic (exact) mass is 338 g/mol. The molecule has 0 unspecified atom stereocenters. The zero-order valence-corrected chi connectivity index (χ0v) is 14.0. The summed E-state index contributed by atoms with van der Waals surface area (Å²) in [5, 5.41) is 0. The van der Waals surface area contributed by atoms with Crippen molar-refractivity contribution in [3.05, 3.63) is 102 Å². The predicted octanol–water partition coefficient (Wildman–Crippen LogP) is 5.41. The second-order valence-electron chi connectivity index (χ2n) is 5.82. The Morgan fingerprint density at radius 2 is 1.08 bits per heavy atom. The molecule has 0 spiro atoms. The van der Waals surface area contributed by atoms with Gasteiger partial charge in [-0.05, 0) is 24.3 Å². The van der Waals surface area contributed by atoms with Gasteiger partial charge in [-0.2, -0.15) is 0 Å². The van der Waals surface area contributed by atoms with E-state index in [1.807, 2.05) is 72.8 Å². The largest absolute Gasteiger partial charge is 0.264 e. The molecule has 0 radical (unpaired) electrons. The van der Waals surface area contributed by atoms with Crippen molar-refractivity contribution in [1.29, 1.82) is 0 Å². The summed E-state index contributed by atoms with van der Waals surface area (Å²) in [6.45, 7) is 0. The molecule has 0 bridgehead atoms. The van der Waals surface area contributed by atoms with Crippen LogP contribution in [0.15, 0.2) is 97.3 Å². The molecular formula is C22H16N3O+. The molecule has 2 heterocycles. The van der Waals surface area contributed by atoms with Crippen LogP contribution < -0.4 is 4.76 Å². The third kappa shape index (κ3) is 3.26. The number of pyridine rings is 2. The maximum absolute atomic E-state index is 12.9. The average Bonchev–Trinajstić information content (AvgIpc) is 2.75. The molecule has 0 aliphatic heterocycles. The Balaban J connectivity index is 1.69. The van der Waals surface area contributed by atoms with Crippen molar-refractivity contribution >= 4 is 11.4 Å². The van der Waals surface area contributed by atoms with Gasteiger partial charge >= 0.3 is 0 Å². The second kappa shape index (κ2) is 7.07. The lowest BCUT2D eigenvalue weighted by Crippen LogP contribution is -1.98. The first-order valence-electron chi connectivity index (χ1n) is 8.31. The molecule has 2 aromatic heterocycles. The smallest absolute Gasteiger partial charge is 0.256 e. The molecule has 26 heavy (non-hydrogen) atoms. The van der Waals surface area contributed by atoms with E-state index >= 15 is 0 Å². The highest BCUT2D eigenvalue weighted by molar-refractivity contribution is 5.68. The highest BCUT2D eigenvalue weighted by Crippen LogP contribution is 2.28. The van der Waals surface area contributed by atoms with E-state index in [1.54, 1.807) is 24.5 Å². The van der Waals surface area contributed by atoms with Gasteiger partial charge in [0.1, 0.15) is 0 Å². The van der Waals surface area contributed by atoms with Crippen LogP contribution in [0.5, 0.6) is 0 Å². The van der Waals surface area contributed by atoms with Crippen molar-refractivity contribution in [3.8, 4) is 22.5 Å². The third-order valence-corrected chi connectivity index (χ3v) is 4.08. The molecule has 4 heteroatoms. The van der Waals surface area contributed by atoms with E-state index in [1.165, 1.54) is 0 Å². The van der Waals surface area contributed by atoms with Crippen LogP contribution >= 0.6 is 0 Å². The highest BCUT2D eigenvalue weighted by Gasteiger charge is 2.19. The Morgan fingerprint density at radius 3 is 1.50 bits per heavy atom. The lowest BCUT2D eigenvalue weighted by molar-refractivity contribution is 1.05. The fraction of sp³-hybridized carbons (Fsp3) is 0. The van der Waals surface area contributed by atoms with Crippen LogP contribution in [0.1, 0.15) is 0 Å². The van der Waals surface area contributed by atoms with E-state index in [0.717, 1.165) is 27.3 Å². The van der Waals surface area contributed by atoms with Gasteiger partial charge in [0.05, 0.1) is 16.1 Å². The quantitative estimate of drug-likeness (QED) is 0.467. The molecule has 0 atom stereocenters. The number of hydrogen-bond donors (Lipinski definition) is 0. The summed E-state index contributed by atoms with van der Waals surface area (Å²) in [6, 6.07) is 26.4. The topological polar surface area (TPSA) is 45.9 Å². The number of nitrogens with zero attached hydrogens (tertiary/aromatic N) is 3. The summed E-state index contributed by atoms with van der Waals surface area (Å²) < 4.78 is 0.929. The molecule has 0 saturated heterocycles. The summed E-state index contributed by atoms with van der Waals surface area (Å²) >= 11 is 0. The van der Waals surface area contributed by atoms with Gasteiger partial charge in [0.2, 0.25) is 0 Å². The van der Waals surface area contributed by atoms with Crippen molar-refractivity contribution in [2.45, 2.75) is 0 Å². The first-order chi connectivity index (χ1) is 12.8. The Kier molecular flexibility index (Phi) is 4.31. The van der Waals surface area contributed by atoms with Gasteiger partial charge in [0, 0.05) is 52.7 Å². The molecule has 0 fully saturated rings. The number of nitroso groups, excluding NO2 is 1. The number of rotatable bonds is 4. The van der Waals surface area contributed by atoms with Gasteiger partial charge in [0.25, 0.3) is 11.4 Å². The Bertz CT molecular complexity index is 962. The normalized spacial score (nSPS) is 10.5. The van der Waals surface area contributed by atoms with Crippen LogP contribution in [-0.4, -0.2) is 9.97 Å². The van der Waals surface area contributed by atoms with E-state index in [-0.39, 0.29) is 0 Å². The van der Waals surface area contributed by atoms with Crippen molar-refractivity contribution < 1.29 is 0 Å². The van der Waals surface area contributed by atoms with Crippen LogP contribution in [-0.2, 0) is 0 Å². The molecule has 0 N–H and O–H groups in total. The second-order valence-corrected chi connectivity index (χ2v) is 5.82. The Labute approximate surface area is 151 Å². The molecule has 0 aliphatic carbocycles. The fourth-order valence-corrected chi connectivity index (χ4v) is 2.80. The third-order valence-electron chi connectivity index (χ3n) is 4.08. The minimum atomic E-state index is 0.561. The van der Waals surface area contributed by atoms with Crippen molar-refractivity contribution in [1.82, 2.24) is 14.7 Å². The molecular weight excluding hydrogens is 322 g/mol. The number of aromatic nitrogens is 2. The molecule has 0 amide bonds. The summed E-state index contributed by atoms with van der Waals surface area (Å²) in [4.78, 5) is 21.6. The summed E-state index contributed by atoms with van der Waals surface area (Å²) in [6.07, 6.45) is 3.49. The van der Waals surface area contributed by atoms with Gasteiger partial charge < -0.3 is 0 Å². The lowest BCUT2D eigenvalue weighted by atomic mass is 10.1. The van der Waals surface area contributed by atoms with E-state index < -0.39 is 0 Å². The maximum Gasteiger partial charge on any atom is 0.264 e. The highest BCUT2D eigenvalue weighted by atomic mass is 16.3. The zero-order valence-electron chi connectivity index (χ0n) is 14.0. The number of hydrogen-bond acceptors (Lipinski definition) is 3. The molecule has 4 aromatic rings. The van der Waals surface area contributed by atoms with Crippen molar-refractivity contribution in [3.63, 3.8) is 0 Å². The van der Waals surface area contributed by atoms with Gasteiger partial charge in [-0.15, -0.1) is 0 Å². The molecule has 124 valence electrons. The fourth-order valence-electron chi connectivity index (χ4n) is 2.80. The Morgan fingerprint density at radius 1 is 0.577 bits per heavy atom. The molecule has 0 saturated carbocycles. The van der Waals surface area contributed by atoms with Gasteiger partial charge in [0.15, 0.2) is 0 Å². The number of benzene rings is 2. The minimum absolute atomic E-state index is 0.561. The first-order valence-corrected chi connectivity index (χ1v) is 8.31. The van der Waals surface area contributed by atoms with Gasteiger partial charge in [-0.1, -0.05) is 36.4 Å². The minimum Gasteiger partial charge on any atom is -0.256 e. The summed E-state index contributed by atoms with van der Waals surface area (Å²) in [5.41, 5.74) is 4.61. The molecule has 0 aliphatic rings. The Hall–Kier alpha value is -3.66. The van der Waals surface area contributed by atoms with Crippen LogP contribution in [0.2, 0.25) is 0 Å². The van der Waals surface area contributed by atoms with E-state index in [9.17, 15) is 4.91 Å². The standard InChI is InChI=1S/C22H16N3O/c26-25(19-9-5-7-17(15-19)21-11-1-3-13-23-21)20-10-6-8-18(16-20)22-12-2-4-14-24-22/h1-16H/q+1. The van der Waals surface area contributed by atoms with Crippen LogP contribution in [0.25, 0.3) is 22.5 Å². The first kappa shape index (κ1) is 15.8. The van der Waals surface area contributed by atoms with Crippen LogP contribution in [0.4, 0.5) is 11.4 Å². The van der Waals surface area contributed by atoms with Crippen LogP contribution in [0.3, 0.4) is 0 Å². The van der Waals surface area contributed by atoms with Gasteiger partial charge in [-0.25, -0.2) is 0 Å². The van der Waals surface area contributed by atoms with Crippen LogP contribution in [0, 0.1) is 4.91 Å². The van der Waals surface area contributed by atoms with Crippen molar-refractivity contribution in [2.75, 3.05) is 0 Å². The average molecular weight is 338 g/mol. The molecule has 4 nitrogen and oxygen atoms in total. The molecule has 2 aromatic carbocycles.